The second kappa shape index (κ2) is 6.71. The standard InChI is InChI=1S/C18H24N2S/c1-13-8-9-15(20-12-13)11-16(19-2)18-10-14-6-4-3-5-7-17(14)21-18/h8-10,12,16,19H,3-7,11H2,1-2H3. The SMILES string of the molecule is CNC(Cc1ccc(C)cn1)c1cc2c(s1)CCCCC2. The van der Waals surface area contributed by atoms with Crippen molar-refractivity contribution in [3.05, 3.63) is 51.0 Å². The van der Waals surface area contributed by atoms with Crippen molar-refractivity contribution in [1.82, 2.24) is 10.3 Å². The lowest BCUT2D eigenvalue weighted by Crippen LogP contribution is -2.18. The molecule has 0 amide bonds. The van der Waals surface area contributed by atoms with E-state index in [0.717, 1.165) is 6.42 Å². The van der Waals surface area contributed by atoms with Crippen LogP contribution in [0.2, 0.25) is 0 Å². The minimum absolute atomic E-state index is 0.386. The Hall–Kier alpha value is -1.19. The van der Waals surface area contributed by atoms with Gasteiger partial charge in [-0.05, 0) is 62.9 Å². The predicted molar refractivity (Wildman–Crippen MR) is 90.1 cm³/mol. The molecule has 0 aromatic carbocycles. The highest BCUT2D eigenvalue weighted by molar-refractivity contribution is 7.12. The van der Waals surface area contributed by atoms with E-state index in [-0.39, 0.29) is 0 Å². The van der Waals surface area contributed by atoms with Gasteiger partial charge in [0, 0.05) is 34.1 Å². The molecule has 0 spiro atoms. The number of pyridine rings is 1. The van der Waals surface area contributed by atoms with Crippen molar-refractivity contribution in [3.8, 4) is 0 Å². The topological polar surface area (TPSA) is 24.9 Å². The van der Waals surface area contributed by atoms with Crippen LogP contribution in [0.15, 0.2) is 24.4 Å². The van der Waals surface area contributed by atoms with E-state index in [2.05, 4.69) is 42.5 Å². The van der Waals surface area contributed by atoms with E-state index in [1.807, 2.05) is 17.5 Å². The summed E-state index contributed by atoms with van der Waals surface area (Å²) in [7, 11) is 2.06. The van der Waals surface area contributed by atoms with Crippen molar-refractivity contribution in [1.29, 1.82) is 0 Å². The Bertz CT molecular complexity index is 562. The van der Waals surface area contributed by atoms with Gasteiger partial charge in [0.1, 0.15) is 0 Å². The molecule has 112 valence electrons. The Kier molecular flexibility index (Phi) is 4.71. The molecule has 2 nitrogen and oxygen atoms in total. The van der Waals surface area contributed by atoms with Crippen LogP contribution in [0, 0.1) is 6.92 Å². The minimum atomic E-state index is 0.386. The lowest BCUT2D eigenvalue weighted by atomic mass is 10.1. The first-order valence-electron chi connectivity index (χ1n) is 7.96. The lowest BCUT2D eigenvalue weighted by Gasteiger charge is -2.14. The number of rotatable bonds is 4. The molecule has 0 radical (unpaired) electrons. The summed E-state index contributed by atoms with van der Waals surface area (Å²) in [4.78, 5) is 7.66. The van der Waals surface area contributed by atoms with Crippen LogP contribution in [0.3, 0.4) is 0 Å². The van der Waals surface area contributed by atoms with E-state index in [9.17, 15) is 0 Å². The van der Waals surface area contributed by atoms with Crippen LogP contribution >= 0.6 is 11.3 Å². The van der Waals surface area contributed by atoms with Crippen LogP contribution in [0.4, 0.5) is 0 Å². The molecule has 0 saturated heterocycles. The molecule has 1 N–H and O–H groups in total. The molecule has 2 aromatic heterocycles. The van der Waals surface area contributed by atoms with E-state index in [4.69, 9.17) is 0 Å². The monoisotopic (exact) mass is 300 g/mol. The molecule has 1 unspecified atom stereocenters. The Morgan fingerprint density at radius 2 is 2.10 bits per heavy atom. The summed E-state index contributed by atoms with van der Waals surface area (Å²) in [6, 6.07) is 7.13. The van der Waals surface area contributed by atoms with Crippen molar-refractivity contribution in [2.45, 2.75) is 51.5 Å². The highest BCUT2D eigenvalue weighted by atomic mass is 32.1. The van der Waals surface area contributed by atoms with Crippen molar-refractivity contribution in [3.63, 3.8) is 0 Å². The molecule has 1 atom stereocenters. The molecule has 21 heavy (non-hydrogen) atoms. The average Bonchev–Trinajstić information content (AvgIpc) is 2.77. The van der Waals surface area contributed by atoms with Gasteiger partial charge in [-0.15, -0.1) is 11.3 Å². The van der Waals surface area contributed by atoms with Gasteiger partial charge in [0.2, 0.25) is 0 Å². The van der Waals surface area contributed by atoms with Gasteiger partial charge in [0.25, 0.3) is 0 Å². The van der Waals surface area contributed by atoms with Crippen molar-refractivity contribution in [2.24, 2.45) is 0 Å². The molecular formula is C18H24N2S. The van der Waals surface area contributed by atoms with Gasteiger partial charge in [-0.1, -0.05) is 12.5 Å². The first kappa shape index (κ1) is 14.7. The molecule has 2 aromatic rings. The van der Waals surface area contributed by atoms with E-state index in [1.54, 1.807) is 10.4 Å². The smallest absolute Gasteiger partial charge is 0.0468 e. The molecule has 1 aliphatic rings. The van der Waals surface area contributed by atoms with Crippen molar-refractivity contribution in [2.75, 3.05) is 7.05 Å². The molecule has 1 aliphatic carbocycles. The van der Waals surface area contributed by atoms with E-state index >= 15 is 0 Å². The Morgan fingerprint density at radius 1 is 1.24 bits per heavy atom. The third-order valence-corrected chi connectivity index (χ3v) is 5.69. The van der Waals surface area contributed by atoms with Crippen molar-refractivity contribution < 1.29 is 0 Å². The number of aromatic nitrogens is 1. The summed E-state index contributed by atoms with van der Waals surface area (Å²) in [5.41, 5.74) is 4.00. The number of thiophene rings is 1. The maximum atomic E-state index is 4.55. The third kappa shape index (κ3) is 3.53. The van der Waals surface area contributed by atoms with Crippen LogP contribution in [0.25, 0.3) is 0 Å². The van der Waals surface area contributed by atoms with Gasteiger partial charge in [-0.2, -0.15) is 0 Å². The highest BCUT2D eigenvalue weighted by Crippen LogP contribution is 2.33. The van der Waals surface area contributed by atoms with Crippen LogP contribution in [-0.2, 0) is 19.3 Å². The molecule has 3 heteroatoms. The second-order valence-corrected chi connectivity index (χ2v) is 7.20. The number of fused-ring (bicyclic) bond motifs is 1. The van der Waals surface area contributed by atoms with E-state index in [1.165, 1.54) is 48.2 Å². The minimum Gasteiger partial charge on any atom is -0.312 e. The molecule has 0 fully saturated rings. The fraction of sp³-hybridized carbons (Fsp3) is 0.500. The maximum Gasteiger partial charge on any atom is 0.0468 e. The first-order valence-corrected chi connectivity index (χ1v) is 8.78. The largest absolute Gasteiger partial charge is 0.312 e. The van der Waals surface area contributed by atoms with Gasteiger partial charge < -0.3 is 5.32 Å². The molecular weight excluding hydrogens is 276 g/mol. The molecule has 0 aliphatic heterocycles. The number of nitrogens with zero attached hydrogens (tertiary/aromatic N) is 1. The fourth-order valence-corrected chi connectivity index (χ4v) is 4.40. The number of aryl methyl sites for hydroxylation is 3. The second-order valence-electron chi connectivity index (χ2n) is 6.03. The summed E-state index contributed by atoms with van der Waals surface area (Å²) < 4.78 is 0. The Morgan fingerprint density at radius 3 is 2.86 bits per heavy atom. The van der Waals surface area contributed by atoms with Crippen LogP contribution < -0.4 is 5.32 Å². The van der Waals surface area contributed by atoms with Gasteiger partial charge in [0.05, 0.1) is 0 Å². The quantitative estimate of drug-likeness (QED) is 0.855. The number of likely N-dealkylation sites (N-methyl/N-ethyl adjacent to an activating group) is 1. The van der Waals surface area contributed by atoms with Crippen LogP contribution in [0.1, 0.15) is 51.9 Å². The Labute approximate surface area is 131 Å². The number of nitrogens with one attached hydrogen (secondary N) is 1. The van der Waals surface area contributed by atoms with Gasteiger partial charge in [0.15, 0.2) is 0 Å². The highest BCUT2D eigenvalue weighted by Gasteiger charge is 2.18. The number of hydrogen-bond donors (Lipinski definition) is 1. The Balaban J connectivity index is 1.78. The zero-order chi connectivity index (χ0) is 14.7. The predicted octanol–water partition coefficient (Wildman–Crippen LogP) is 4.22. The van der Waals surface area contributed by atoms with Gasteiger partial charge in [-0.25, -0.2) is 0 Å². The molecule has 3 rings (SSSR count). The summed E-state index contributed by atoms with van der Waals surface area (Å²) in [6.45, 7) is 2.09. The van der Waals surface area contributed by atoms with Gasteiger partial charge in [-0.3, -0.25) is 4.98 Å². The van der Waals surface area contributed by atoms with Crippen LogP contribution in [0.5, 0.6) is 0 Å². The fourth-order valence-electron chi connectivity index (χ4n) is 3.04. The summed E-state index contributed by atoms with van der Waals surface area (Å²) in [6.07, 6.45) is 9.58. The summed E-state index contributed by atoms with van der Waals surface area (Å²) >= 11 is 2.01. The van der Waals surface area contributed by atoms with E-state index in [0.29, 0.717) is 6.04 Å². The molecule has 2 heterocycles. The zero-order valence-corrected chi connectivity index (χ0v) is 13.8. The zero-order valence-electron chi connectivity index (χ0n) is 13.0. The normalized spacial score (nSPS) is 16.3. The van der Waals surface area contributed by atoms with E-state index < -0.39 is 0 Å². The maximum absolute atomic E-state index is 4.55. The molecule has 0 bridgehead atoms. The average molecular weight is 300 g/mol. The lowest BCUT2D eigenvalue weighted by molar-refractivity contribution is 0.593. The van der Waals surface area contributed by atoms with Crippen LogP contribution in [-0.4, -0.2) is 12.0 Å². The summed E-state index contributed by atoms with van der Waals surface area (Å²) in [5.74, 6) is 0. The summed E-state index contributed by atoms with van der Waals surface area (Å²) in [5, 5.41) is 3.48. The number of hydrogen-bond acceptors (Lipinski definition) is 3. The molecule has 0 saturated carbocycles. The first-order chi connectivity index (χ1) is 10.3. The van der Waals surface area contributed by atoms with Gasteiger partial charge >= 0.3 is 0 Å². The van der Waals surface area contributed by atoms with Crippen molar-refractivity contribution >= 4 is 11.3 Å². The third-order valence-electron chi connectivity index (χ3n) is 4.34.